The first kappa shape index (κ1) is 37.6. The molecule has 13 heteroatoms. The molecule has 0 spiro atoms. The fourth-order valence-corrected chi connectivity index (χ4v) is 7.81. The third kappa shape index (κ3) is 8.11. The Morgan fingerprint density at radius 1 is 0.962 bits per heavy atom. The van der Waals surface area contributed by atoms with Crippen molar-refractivity contribution in [3.63, 3.8) is 0 Å². The maximum Gasteiger partial charge on any atom is 0.337 e. The van der Waals surface area contributed by atoms with E-state index in [1.54, 1.807) is 49.2 Å². The van der Waals surface area contributed by atoms with Crippen molar-refractivity contribution in [1.29, 1.82) is 0 Å². The number of likely N-dealkylation sites (N-methyl/N-ethyl adjacent to an activating group) is 1. The van der Waals surface area contributed by atoms with Gasteiger partial charge in [-0.15, -0.1) is 0 Å². The Morgan fingerprint density at radius 3 is 2.45 bits per heavy atom. The number of carbonyl (C=O) groups is 5. The molecule has 4 N–H and O–H groups in total. The average Bonchev–Trinajstić information content (AvgIpc) is 3.56. The molecule has 0 saturated heterocycles. The van der Waals surface area contributed by atoms with Gasteiger partial charge in [-0.3, -0.25) is 24.5 Å². The van der Waals surface area contributed by atoms with Crippen LogP contribution in [0.5, 0.6) is 0 Å². The number of methoxy groups -OCH3 is 1. The van der Waals surface area contributed by atoms with E-state index in [2.05, 4.69) is 32.3 Å². The van der Waals surface area contributed by atoms with Crippen molar-refractivity contribution in [1.82, 2.24) is 25.8 Å². The van der Waals surface area contributed by atoms with Crippen LogP contribution in [0.2, 0.25) is 0 Å². The van der Waals surface area contributed by atoms with Crippen LogP contribution in [0.15, 0.2) is 60.7 Å². The Balaban J connectivity index is 1.29. The quantitative estimate of drug-likeness (QED) is 0.176. The molecule has 53 heavy (non-hydrogen) atoms. The second kappa shape index (κ2) is 15.5. The van der Waals surface area contributed by atoms with Crippen molar-refractivity contribution >= 4 is 56.3 Å². The number of hydrogen-bond acceptors (Lipinski definition) is 9. The molecule has 0 radical (unpaired) electrons. The summed E-state index contributed by atoms with van der Waals surface area (Å²) in [7, 11) is 2.99. The van der Waals surface area contributed by atoms with Crippen LogP contribution >= 0.6 is 11.3 Å². The fourth-order valence-electron chi connectivity index (χ4n) is 6.97. The van der Waals surface area contributed by atoms with Crippen molar-refractivity contribution in [2.24, 2.45) is 5.41 Å². The maximum atomic E-state index is 14.6. The minimum absolute atomic E-state index is 0.0656. The average molecular weight is 739 g/mol. The zero-order valence-corrected chi connectivity index (χ0v) is 31.7. The lowest BCUT2D eigenvalue weighted by molar-refractivity contribution is -0.147. The molecule has 12 nitrogen and oxygen atoms in total. The van der Waals surface area contributed by atoms with Crippen LogP contribution in [0.4, 0.5) is 5.13 Å². The number of esters is 1. The van der Waals surface area contributed by atoms with Crippen LogP contribution < -0.4 is 21.3 Å². The Morgan fingerprint density at radius 2 is 1.72 bits per heavy atom. The number of aryl methyl sites for hydroxylation is 1. The molecule has 1 aliphatic carbocycles. The minimum Gasteiger partial charge on any atom is -0.465 e. The van der Waals surface area contributed by atoms with Gasteiger partial charge in [0.05, 0.1) is 35.0 Å². The summed E-state index contributed by atoms with van der Waals surface area (Å²) in [5.41, 5.74) is 4.47. The zero-order valence-electron chi connectivity index (χ0n) is 30.9. The van der Waals surface area contributed by atoms with E-state index in [1.165, 1.54) is 24.0 Å². The summed E-state index contributed by atoms with van der Waals surface area (Å²) in [4.78, 5) is 73.6. The minimum atomic E-state index is -0.928. The van der Waals surface area contributed by atoms with Gasteiger partial charge < -0.3 is 25.6 Å². The van der Waals surface area contributed by atoms with Crippen LogP contribution in [-0.2, 0) is 38.5 Å². The number of amides is 4. The summed E-state index contributed by atoms with van der Waals surface area (Å²) < 4.78 is 5.60. The lowest BCUT2D eigenvalue weighted by atomic mass is 9.83. The molecule has 4 aromatic rings. The molecule has 4 amide bonds. The number of anilines is 1. The highest BCUT2D eigenvalue weighted by atomic mass is 32.1. The monoisotopic (exact) mass is 738 g/mol. The van der Waals surface area contributed by atoms with Crippen LogP contribution in [0.1, 0.15) is 89.5 Å². The second-order valence-corrected chi connectivity index (χ2v) is 15.8. The summed E-state index contributed by atoms with van der Waals surface area (Å²) >= 11 is 1.28. The number of benzene rings is 3. The van der Waals surface area contributed by atoms with E-state index in [0.29, 0.717) is 21.8 Å². The molecule has 3 aromatic carbocycles. The van der Waals surface area contributed by atoms with Gasteiger partial charge in [0.25, 0.3) is 5.91 Å². The van der Waals surface area contributed by atoms with Crippen LogP contribution in [0.3, 0.4) is 0 Å². The summed E-state index contributed by atoms with van der Waals surface area (Å²) in [5.74, 6) is -1.83. The van der Waals surface area contributed by atoms with Crippen molar-refractivity contribution < 1.29 is 28.7 Å². The summed E-state index contributed by atoms with van der Waals surface area (Å²) in [5, 5.41) is 12.4. The highest BCUT2D eigenvalue weighted by molar-refractivity contribution is 7.22. The van der Waals surface area contributed by atoms with E-state index < -0.39 is 35.4 Å². The SMILES string of the molecule is CNC(C)C(=O)NC(C(=O)N1Cc2cc(C(=O)Nc3nc4cc(C(=O)OC)ccc4s3)ccc2CC1C(=O)NC1CCCc2ccccc21)C(C)(C)C. The summed E-state index contributed by atoms with van der Waals surface area (Å²) in [6, 6.07) is 15.9. The molecule has 4 unspecified atom stereocenters. The summed E-state index contributed by atoms with van der Waals surface area (Å²) in [6.07, 6.45) is 2.92. The number of nitrogens with zero attached hydrogens (tertiary/aromatic N) is 2. The molecule has 0 saturated carbocycles. The number of thiazole rings is 1. The van der Waals surface area contributed by atoms with Gasteiger partial charge in [0.2, 0.25) is 17.7 Å². The van der Waals surface area contributed by atoms with Crippen molar-refractivity contribution in [3.05, 3.63) is 94.0 Å². The molecular weight excluding hydrogens is 693 g/mol. The van der Waals surface area contributed by atoms with E-state index in [4.69, 9.17) is 4.74 Å². The number of nitrogens with one attached hydrogen (secondary N) is 4. The molecule has 1 aromatic heterocycles. The van der Waals surface area contributed by atoms with Crippen LogP contribution in [0.25, 0.3) is 10.2 Å². The Kier molecular flexibility index (Phi) is 11.0. The van der Waals surface area contributed by atoms with E-state index in [-0.39, 0.29) is 36.7 Å². The van der Waals surface area contributed by atoms with Crippen LogP contribution in [-0.4, -0.2) is 71.8 Å². The Bertz CT molecular complexity index is 2070. The van der Waals surface area contributed by atoms with Gasteiger partial charge in [-0.25, -0.2) is 9.78 Å². The van der Waals surface area contributed by atoms with E-state index >= 15 is 0 Å². The lowest BCUT2D eigenvalue weighted by Crippen LogP contribution is -2.62. The largest absolute Gasteiger partial charge is 0.465 e. The van der Waals surface area contributed by atoms with Gasteiger partial charge in [-0.2, -0.15) is 0 Å². The standard InChI is InChI=1S/C40H46N6O6S/c1-22(41-5)34(47)44-33(40(2,3)4)37(50)46-21-27-18-25(35(48)45-39-43-30-19-26(38(51)52-6)16-17-32(30)53-39)15-14-24(27)20-31(46)36(49)42-29-13-9-11-23-10-7-8-12-28(23)29/h7-8,10,12,14-19,22,29,31,33,41H,9,11,13,20-21H2,1-6H3,(H,42,49)(H,44,47)(H,43,45,48). The molecular formula is C40H46N6O6S. The van der Waals surface area contributed by atoms with E-state index in [1.807, 2.05) is 45.0 Å². The second-order valence-electron chi connectivity index (χ2n) is 14.8. The van der Waals surface area contributed by atoms with Crippen LogP contribution in [0, 0.1) is 5.41 Å². The van der Waals surface area contributed by atoms with Gasteiger partial charge in [0.1, 0.15) is 12.1 Å². The molecule has 2 aliphatic rings. The number of hydrogen-bond donors (Lipinski definition) is 4. The molecule has 2 heterocycles. The van der Waals surface area contributed by atoms with Gasteiger partial charge >= 0.3 is 5.97 Å². The van der Waals surface area contributed by atoms with Gasteiger partial charge in [-0.1, -0.05) is 62.4 Å². The third-order valence-corrected chi connectivity index (χ3v) is 11.1. The zero-order chi connectivity index (χ0) is 38.0. The number of rotatable bonds is 9. The predicted octanol–water partition coefficient (Wildman–Crippen LogP) is 4.92. The topological polar surface area (TPSA) is 159 Å². The highest BCUT2D eigenvalue weighted by Gasteiger charge is 2.43. The van der Waals surface area contributed by atoms with Gasteiger partial charge in [0, 0.05) is 18.5 Å². The number of ether oxygens (including phenoxy) is 1. The first-order valence-corrected chi connectivity index (χ1v) is 18.7. The normalized spacial score (nSPS) is 17.9. The lowest BCUT2D eigenvalue weighted by Gasteiger charge is -2.42. The van der Waals surface area contributed by atoms with Crippen molar-refractivity contribution in [2.45, 2.75) is 84.1 Å². The van der Waals surface area contributed by atoms with E-state index in [9.17, 15) is 24.0 Å². The first-order valence-electron chi connectivity index (χ1n) is 17.9. The number of aromatic nitrogens is 1. The fraction of sp³-hybridized carbons (Fsp3) is 0.400. The number of fused-ring (bicyclic) bond motifs is 3. The van der Waals surface area contributed by atoms with Gasteiger partial charge in [0.15, 0.2) is 5.13 Å². The molecule has 0 fully saturated rings. The smallest absolute Gasteiger partial charge is 0.337 e. The molecule has 4 atom stereocenters. The third-order valence-electron chi connectivity index (χ3n) is 10.1. The van der Waals surface area contributed by atoms with Gasteiger partial charge in [-0.05, 0) is 91.2 Å². The molecule has 278 valence electrons. The molecule has 6 rings (SSSR count). The number of carbonyl (C=O) groups excluding carboxylic acids is 5. The van der Waals surface area contributed by atoms with Crippen molar-refractivity contribution in [3.8, 4) is 0 Å². The van der Waals surface area contributed by atoms with E-state index in [0.717, 1.165) is 40.7 Å². The highest BCUT2D eigenvalue weighted by Crippen LogP contribution is 2.33. The summed E-state index contributed by atoms with van der Waals surface area (Å²) in [6.45, 7) is 7.43. The Hall–Kier alpha value is -5.14. The molecule has 1 aliphatic heterocycles. The van der Waals surface area contributed by atoms with Crippen molar-refractivity contribution in [2.75, 3.05) is 19.5 Å². The first-order chi connectivity index (χ1) is 25.3. The molecule has 0 bridgehead atoms. The predicted molar refractivity (Wildman–Crippen MR) is 204 cm³/mol. The maximum absolute atomic E-state index is 14.6. The Labute approximate surface area is 313 Å².